The van der Waals surface area contributed by atoms with Crippen LogP contribution in [0.25, 0.3) is 0 Å². The number of hydrogen-bond acceptors (Lipinski definition) is 6. The summed E-state index contributed by atoms with van der Waals surface area (Å²) in [5.41, 5.74) is 2.28. The van der Waals surface area contributed by atoms with E-state index in [0.717, 1.165) is 18.4 Å². The summed E-state index contributed by atoms with van der Waals surface area (Å²) in [6.07, 6.45) is -3.04. The number of fused-ring (bicyclic) bond motifs is 1. The zero-order chi connectivity index (χ0) is 21.6. The number of amides is 1. The van der Waals surface area contributed by atoms with Gasteiger partial charge in [-0.1, -0.05) is 12.1 Å². The maximum atomic E-state index is 12.3. The fourth-order valence-corrected chi connectivity index (χ4v) is 3.74. The first kappa shape index (κ1) is 20.2. The third-order valence-electron chi connectivity index (χ3n) is 5.67. The highest BCUT2D eigenvalue weighted by Gasteiger charge is 2.34. The smallest absolute Gasteiger partial charge is 0.406 e. The van der Waals surface area contributed by atoms with Gasteiger partial charge in [0.05, 0.1) is 5.69 Å². The van der Waals surface area contributed by atoms with E-state index in [1.807, 2.05) is 25.8 Å². The first-order valence-corrected chi connectivity index (χ1v) is 9.65. The number of likely N-dealkylation sites (N-methyl/N-ethyl adjacent to an activating group) is 1. The molecule has 0 radical (unpaired) electrons. The first-order valence-electron chi connectivity index (χ1n) is 9.65. The zero-order valence-electron chi connectivity index (χ0n) is 16.7. The topological polar surface area (TPSA) is 79.4 Å². The van der Waals surface area contributed by atoms with Gasteiger partial charge in [0.1, 0.15) is 17.5 Å². The largest absolute Gasteiger partial charge is 0.573 e. The van der Waals surface area contributed by atoms with Crippen LogP contribution in [0.3, 0.4) is 0 Å². The van der Waals surface area contributed by atoms with Gasteiger partial charge in [-0.25, -0.2) is 4.98 Å². The molecule has 1 atom stereocenters. The Bertz CT molecular complexity index is 958. The van der Waals surface area contributed by atoms with Gasteiger partial charge in [0.15, 0.2) is 5.82 Å². The molecule has 1 aliphatic carbocycles. The van der Waals surface area contributed by atoms with Crippen molar-refractivity contribution in [2.75, 3.05) is 22.6 Å². The van der Waals surface area contributed by atoms with E-state index in [1.54, 1.807) is 12.1 Å². The average Bonchev–Trinajstić information content (AvgIpc) is 2.63. The number of benzene rings is 1. The predicted octanol–water partition coefficient (Wildman–Crippen LogP) is 3.82. The molecule has 1 aliphatic heterocycles. The number of carbonyl (C=O) groups is 1. The SMILES string of the molecule is Cc1nc(N[C@H]2C[C@@H](c3ccc(OC(F)(F)F)cc3)C2)nc2c1NC(=O)C(C)N2C. The van der Waals surface area contributed by atoms with E-state index in [1.165, 1.54) is 12.1 Å². The Morgan fingerprint density at radius 1 is 1.20 bits per heavy atom. The first-order chi connectivity index (χ1) is 14.1. The molecule has 1 fully saturated rings. The number of nitrogens with zero attached hydrogens (tertiary/aromatic N) is 3. The minimum atomic E-state index is -4.69. The second kappa shape index (κ2) is 7.33. The highest BCUT2D eigenvalue weighted by molar-refractivity contribution is 6.03. The lowest BCUT2D eigenvalue weighted by Gasteiger charge is -2.37. The maximum Gasteiger partial charge on any atom is 0.573 e. The summed E-state index contributed by atoms with van der Waals surface area (Å²) < 4.78 is 40.7. The van der Waals surface area contributed by atoms with Crippen LogP contribution in [0.2, 0.25) is 0 Å². The van der Waals surface area contributed by atoms with Crippen molar-refractivity contribution in [3.8, 4) is 5.75 Å². The van der Waals surface area contributed by atoms with E-state index in [4.69, 9.17) is 0 Å². The normalized spacial score (nSPS) is 23.3. The van der Waals surface area contributed by atoms with Crippen LogP contribution < -0.4 is 20.3 Å². The monoisotopic (exact) mass is 421 g/mol. The van der Waals surface area contributed by atoms with Crippen molar-refractivity contribution in [2.24, 2.45) is 0 Å². The van der Waals surface area contributed by atoms with E-state index in [2.05, 4.69) is 25.3 Å². The highest BCUT2D eigenvalue weighted by atomic mass is 19.4. The van der Waals surface area contributed by atoms with Gasteiger partial charge in [-0.15, -0.1) is 13.2 Å². The van der Waals surface area contributed by atoms with Gasteiger partial charge in [0.2, 0.25) is 11.9 Å². The molecule has 2 aromatic rings. The molecular formula is C20H22F3N5O2. The quantitative estimate of drug-likeness (QED) is 0.782. The summed E-state index contributed by atoms with van der Waals surface area (Å²) in [6.45, 7) is 3.63. The number of aryl methyl sites for hydroxylation is 1. The molecule has 160 valence electrons. The molecule has 1 aromatic heterocycles. The Labute approximate surface area is 171 Å². The lowest BCUT2D eigenvalue weighted by Crippen LogP contribution is -2.45. The zero-order valence-corrected chi connectivity index (χ0v) is 16.7. The standard InChI is InChI=1S/C20H22F3N5O2/c1-10-16-17(28(3)11(2)18(29)26-16)27-19(24-10)25-14-8-13(9-14)12-4-6-15(7-5-12)30-20(21,22)23/h4-7,11,13-14H,8-9H2,1-3H3,(H,26,29)(H,24,25,27)/t11?,13-,14+. The lowest BCUT2D eigenvalue weighted by atomic mass is 9.76. The molecule has 1 saturated carbocycles. The van der Waals surface area contributed by atoms with Crippen molar-refractivity contribution in [3.05, 3.63) is 35.5 Å². The molecule has 10 heteroatoms. The van der Waals surface area contributed by atoms with Gasteiger partial charge in [-0.3, -0.25) is 4.79 Å². The van der Waals surface area contributed by atoms with Crippen LogP contribution in [0.4, 0.5) is 30.6 Å². The summed E-state index contributed by atoms with van der Waals surface area (Å²) in [6, 6.07) is 5.85. The number of alkyl halides is 3. The van der Waals surface area contributed by atoms with Gasteiger partial charge in [0, 0.05) is 13.1 Å². The summed E-state index contributed by atoms with van der Waals surface area (Å²) in [5, 5.41) is 6.17. The summed E-state index contributed by atoms with van der Waals surface area (Å²) in [4.78, 5) is 22.9. The lowest BCUT2D eigenvalue weighted by molar-refractivity contribution is -0.274. The fourth-order valence-electron chi connectivity index (χ4n) is 3.74. The number of nitrogens with one attached hydrogen (secondary N) is 2. The Kier molecular flexibility index (Phi) is 4.95. The van der Waals surface area contributed by atoms with Crippen LogP contribution in [0, 0.1) is 6.92 Å². The van der Waals surface area contributed by atoms with E-state index in [0.29, 0.717) is 23.1 Å². The molecule has 7 nitrogen and oxygen atoms in total. The van der Waals surface area contributed by atoms with Gasteiger partial charge < -0.3 is 20.3 Å². The third-order valence-corrected chi connectivity index (χ3v) is 5.67. The van der Waals surface area contributed by atoms with Crippen molar-refractivity contribution in [1.29, 1.82) is 0 Å². The number of halogens is 3. The number of anilines is 3. The molecule has 2 aliphatic rings. The number of aromatic nitrogens is 2. The molecule has 0 spiro atoms. The van der Waals surface area contributed by atoms with Gasteiger partial charge in [0.25, 0.3) is 0 Å². The van der Waals surface area contributed by atoms with Crippen molar-refractivity contribution < 1.29 is 22.7 Å². The Morgan fingerprint density at radius 3 is 2.50 bits per heavy atom. The van der Waals surface area contributed by atoms with Crippen LogP contribution in [0.5, 0.6) is 5.75 Å². The molecule has 1 unspecified atom stereocenters. The van der Waals surface area contributed by atoms with Gasteiger partial charge in [-0.2, -0.15) is 4.98 Å². The summed E-state index contributed by atoms with van der Waals surface area (Å²) in [5.74, 6) is 1.12. The highest BCUT2D eigenvalue weighted by Crippen LogP contribution is 2.40. The second-order valence-electron chi connectivity index (χ2n) is 7.73. The molecule has 0 saturated heterocycles. The molecule has 30 heavy (non-hydrogen) atoms. The van der Waals surface area contributed by atoms with Gasteiger partial charge >= 0.3 is 6.36 Å². The molecule has 0 bridgehead atoms. The van der Waals surface area contributed by atoms with Crippen LogP contribution in [-0.4, -0.2) is 41.4 Å². The van der Waals surface area contributed by atoms with Crippen molar-refractivity contribution in [2.45, 2.75) is 51.1 Å². The Balaban J connectivity index is 1.39. The predicted molar refractivity (Wildman–Crippen MR) is 106 cm³/mol. The van der Waals surface area contributed by atoms with Crippen LogP contribution in [0.1, 0.15) is 36.9 Å². The number of rotatable bonds is 4. The third kappa shape index (κ3) is 3.99. The van der Waals surface area contributed by atoms with Crippen molar-refractivity contribution in [3.63, 3.8) is 0 Å². The van der Waals surface area contributed by atoms with E-state index < -0.39 is 6.36 Å². The van der Waals surface area contributed by atoms with Crippen LogP contribution in [0.15, 0.2) is 24.3 Å². The summed E-state index contributed by atoms with van der Waals surface area (Å²) in [7, 11) is 1.82. The fraction of sp³-hybridized carbons (Fsp3) is 0.450. The average molecular weight is 421 g/mol. The van der Waals surface area contributed by atoms with Crippen molar-refractivity contribution >= 4 is 23.4 Å². The number of ether oxygens (including phenoxy) is 1. The van der Waals surface area contributed by atoms with Crippen LogP contribution >= 0.6 is 0 Å². The molecule has 1 aromatic carbocycles. The minimum absolute atomic E-state index is 0.0918. The molecule has 2 heterocycles. The minimum Gasteiger partial charge on any atom is -0.406 e. The Hall–Kier alpha value is -3.04. The number of hydrogen-bond donors (Lipinski definition) is 2. The van der Waals surface area contributed by atoms with Crippen LogP contribution in [-0.2, 0) is 4.79 Å². The molecule has 2 N–H and O–H groups in total. The second-order valence-corrected chi connectivity index (χ2v) is 7.73. The Morgan fingerprint density at radius 2 is 1.87 bits per heavy atom. The number of carbonyl (C=O) groups excluding carboxylic acids is 1. The van der Waals surface area contributed by atoms with E-state index in [-0.39, 0.29) is 29.7 Å². The molecular weight excluding hydrogens is 399 g/mol. The maximum absolute atomic E-state index is 12.3. The van der Waals surface area contributed by atoms with E-state index >= 15 is 0 Å². The van der Waals surface area contributed by atoms with Gasteiger partial charge in [-0.05, 0) is 50.3 Å². The summed E-state index contributed by atoms with van der Waals surface area (Å²) >= 11 is 0. The van der Waals surface area contributed by atoms with Crippen molar-refractivity contribution in [1.82, 2.24) is 9.97 Å². The molecule has 4 rings (SSSR count). The molecule has 1 amide bonds. The van der Waals surface area contributed by atoms with E-state index in [9.17, 15) is 18.0 Å².